The number of nitrogens with zero attached hydrogens (tertiary/aromatic N) is 1. The maximum atomic E-state index is 12.6. The lowest BCUT2D eigenvalue weighted by Gasteiger charge is -2.49. The molecule has 9 fully saturated rings. The summed E-state index contributed by atoms with van der Waals surface area (Å²) in [5.74, 6) is -1.54. The fourth-order valence-electron chi connectivity index (χ4n) is 14.2. The summed E-state index contributed by atoms with van der Waals surface area (Å²) < 4.78 is 105. The average molecular weight is 1400 g/mol. The third-order valence-corrected chi connectivity index (χ3v) is 26.4. The molecule has 97 heavy (non-hydrogen) atoms. The minimum absolute atomic E-state index is 0.0347. The molecule has 2 unspecified atom stereocenters. The highest BCUT2D eigenvalue weighted by Crippen LogP contribution is 2.63. The molecule has 8 saturated carbocycles. The lowest BCUT2D eigenvalue weighted by atomic mass is 9.56. The van der Waals surface area contributed by atoms with Crippen LogP contribution in [-0.4, -0.2) is 48.5 Å². The van der Waals surface area contributed by atoms with Crippen molar-refractivity contribution in [2.75, 3.05) is 13.2 Å². The van der Waals surface area contributed by atoms with Gasteiger partial charge in [0.25, 0.3) is 0 Å². The quantitative estimate of drug-likeness (QED) is 0.285. The molecule has 0 aromatic heterocycles. The van der Waals surface area contributed by atoms with Gasteiger partial charge in [0.05, 0.1) is 42.1 Å². The smallest absolute Gasteiger partial charge is 0.390 e. The summed E-state index contributed by atoms with van der Waals surface area (Å²) in [6, 6.07) is 2.39. The summed E-state index contributed by atoms with van der Waals surface area (Å²) in [7, 11) is 0. The Morgan fingerprint density at radius 2 is 0.773 bits per heavy atom. The van der Waals surface area contributed by atoms with Crippen LogP contribution >= 0.6 is 0 Å². The Morgan fingerprint density at radius 1 is 0.433 bits per heavy atom. The van der Waals surface area contributed by atoms with Gasteiger partial charge in [-0.05, 0) is 206 Å². The van der Waals surface area contributed by atoms with Crippen molar-refractivity contribution < 1.29 is 49.8 Å². The molecule has 1 aliphatic heterocycles. The van der Waals surface area contributed by atoms with Crippen LogP contribution in [0.2, 0.25) is 0 Å². The number of alkyl halides is 8. The predicted octanol–water partition coefficient (Wildman–Crippen LogP) is 28.6. The van der Waals surface area contributed by atoms with Crippen LogP contribution in [0.15, 0.2) is 0 Å². The van der Waals surface area contributed by atoms with Crippen LogP contribution in [0.3, 0.4) is 0 Å². The number of ketones is 1. The SMILES string of the molecule is CC(=O)C1(C(C)(C)C)CC1.CC(C)(C)C(C(C)(C)O)C(F)(F)F.CC(C)(C)C(C1CC1)C(F)(F)F.CC(C)(C)C1(C#N)CC1.CC(C)(C)C1(C(F)F)CC1.CC(C)(C)C1(C)CC1.CC(C)(C)C1(C)CC1.CC(C)(C)C1(C)CCC1.CC(C)(C)C1(C)COC1.CC(C)(C)C1CCCC1. The second-order valence-corrected chi connectivity index (χ2v) is 44.2. The number of hydrogen-bond acceptors (Lipinski definition) is 4. The third kappa shape index (κ3) is 28.8. The fourth-order valence-corrected chi connectivity index (χ4v) is 14.2. The van der Waals surface area contributed by atoms with Gasteiger partial charge in [-0.25, -0.2) is 8.78 Å². The number of ether oxygens (including phenoxy) is 1. The van der Waals surface area contributed by atoms with Gasteiger partial charge in [-0.15, -0.1) is 0 Å². The first kappa shape index (κ1) is 95.5. The van der Waals surface area contributed by atoms with Crippen molar-refractivity contribution in [2.45, 2.75) is 403 Å². The molecular formula is C85H159F8NO3. The molecule has 0 radical (unpaired) electrons. The van der Waals surface area contributed by atoms with Crippen LogP contribution in [-0.2, 0) is 9.53 Å². The molecule has 0 spiro atoms. The summed E-state index contributed by atoms with van der Waals surface area (Å²) >= 11 is 0. The van der Waals surface area contributed by atoms with Gasteiger partial charge in [0, 0.05) is 16.2 Å². The number of carbonyl (C=O) groups excluding carboxylic acids is 1. The number of halogens is 8. The first-order valence-electron chi connectivity index (χ1n) is 38.0. The second-order valence-electron chi connectivity index (χ2n) is 44.2. The Hall–Kier alpha value is -1.48. The van der Waals surface area contributed by atoms with Gasteiger partial charge in [-0.2, -0.15) is 31.6 Å². The summed E-state index contributed by atoms with van der Waals surface area (Å²) in [5, 5.41) is 18.2. The van der Waals surface area contributed by atoms with E-state index < -0.39 is 52.5 Å². The Balaban J connectivity index is 0.00000106. The van der Waals surface area contributed by atoms with Gasteiger partial charge in [0.15, 0.2) is 0 Å². The van der Waals surface area contributed by atoms with E-state index in [4.69, 9.17) is 10.00 Å². The van der Waals surface area contributed by atoms with E-state index in [1.807, 2.05) is 20.8 Å². The van der Waals surface area contributed by atoms with Crippen LogP contribution in [0.1, 0.15) is 378 Å². The zero-order chi connectivity index (χ0) is 77.7. The van der Waals surface area contributed by atoms with Crippen molar-refractivity contribution >= 4 is 5.78 Å². The highest BCUT2D eigenvalue weighted by Gasteiger charge is 2.60. The third-order valence-electron chi connectivity index (χ3n) is 26.4. The number of carbonyl (C=O) groups is 1. The molecule has 12 heteroatoms. The average Bonchev–Trinajstić information content (AvgIpc) is 1.63. The van der Waals surface area contributed by atoms with Gasteiger partial charge >= 0.3 is 12.4 Å². The standard InChI is InChI=1S/C9H17F3O.C9H15F3.C9H16O.2C9H18.C8H14F2.C8H13N.C8H16O.2C8H16/c1-7(2,3)6(8(4,5)13)9(10,11)12;1-8(2,3)7(6-4-5-6)9(10,11)12;1-7(10)9(5-6-9)8(2,3)4;1-8(2,3)9(4)6-5-7-9;1-9(2,3)8-6-4-5-7-8;1-7(2,3)8(4-5-8)6(9)10;1-7(2,3)8(6-9)4-5-8;1-7(2,3)8(4)5-9-6-8;2*1-7(2,3)8(4)5-6-8/h6,13H,1-5H3;6-7H,4-5H2,1-3H3;5-6H2,1-4H3;5-7H2,1-4H3;8H,4-7H2,1-3H3;6H,4-5H2,1-3H3;4-5H2,1-3H3;5-6H2,1-4H3;2*5-6H2,1-4H3. The lowest BCUT2D eigenvalue weighted by molar-refractivity contribution is -0.247. The zero-order valence-corrected chi connectivity index (χ0v) is 70.5. The normalized spacial score (nSPS) is 23.0. The lowest BCUT2D eigenvalue weighted by Crippen LogP contribution is -2.49. The van der Waals surface area contributed by atoms with Gasteiger partial charge in [0.2, 0.25) is 6.43 Å². The second kappa shape index (κ2) is 32.5. The molecule has 1 saturated heterocycles. The van der Waals surface area contributed by atoms with Gasteiger partial charge < -0.3 is 9.84 Å². The molecule has 2 atom stereocenters. The summed E-state index contributed by atoms with van der Waals surface area (Å²) in [6.07, 6.45) is 12.8. The maximum absolute atomic E-state index is 12.6. The van der Waals surface area contributed by atoms with Crippen LogP contribution in [0.5, 0.6) is 0 Å². The Morgan fingerprint density at radius 3 is 0.804 bits per heavy atom. The molecule has 0 aromatic carbocycles. The van der Waals surface area contributed by atoms with E-state index in [9.17, 15) is 45.0 Å². The summed E-state index contributed by atoms with van der Waals surface area (Å²) in [4.78, 5) is 11.2. The Kier molecular flexibility index (Phi) is 32.0. The van der Waals surface area contributed by atoms with E-state index in [2.05, 4.69) is 179 Å². The highest BCUT2D eigenvalue weighted by atomic mass is 19.4. The minimum Gasteiger partial charge on any atom is -0.390 e. The number of Topliss-reactive ketones (excluding diaryl/α,β-unsaturated/α-hetero) is 1. The van der Waals surface area contributed by atoms with Crippen molar-refractivity contribution in [3.05, 3.63) is 0 Å². The van der Waals surface area contributed by atoms with Crippen molar-refractivity contribution in [1.82, 2.24) is 0 Å². The Bertz CT molecular complexity index is 2270. The Labute approximate surface area is 595 Å². The molecule has 9 rings (SSSR count). The largest absolute Gasteiger partial charge is 0.395 e. The zero-order valence-electron chi connectivity index (χ0n) is 70.5. The van der Waals surface area contributed by atoms with E-state index in [0.717, 1.165) is 57.7 Å². The number of nitriles is 1. The van der Waals surface area contributed by atoms with Crippen molar-refractivity contribution in [1.29, 1.82) is 5.26 Å². The topological polar surface area (TPSA) is 70.3 Å². The first-order valence-corrected chi connectivity index (χ1v) is 38.0. The van der Waals surface area contributed by atoms with Gasteiger partial charge in [-0.3, -0.25) is 4.79 Å². The monoisotopic (exact) mass is 1390 g/mol. The van der Waals surface area contributed by atoms with E-state index in [0.29, 0.717) is 67.4 Å². The minimum atomic E-state index is -4.36. The molecule has 0 bridgehead atoms. The molecule has 578 valence electrons. The van der Waals surface area contributed by atoms with Crippen molar-refractivity contribution in [3.63, 3.8) is 0 Å². The molecule has 1 heterocycles. The number of aliphatic hydroxyl groups is 1. The molecule has 0 amide bonds. The van der Waals surface area contributed by atoms with Crippen LogP contribution in [0.4, 0.5) is 35.1 Å². The van der Waals surface area contributed by atoms with E-state index in [-0.39, 0.29) is 33.0 Å². The first-order chi connectivity index (χ1) is 42.3. The fraction of sp³-hybridized carbons (Fsp3) is 0.976. The highest BCUT2D eigenvalue weighted by molar-refractivity contribution is 5.85. The van der Waals surface area contributed by atoms with Crippen LogP contribution in [0, 0.1) is 127 Å². The van der Waals surface area contributed by atoms with Crippen molar-refractivity contribution in [3.8, 4) is 6.07 Å². The molecular weight excluding hydrogens is 1230 g/mol. The molecule has 9 aliphatic rings. The molecule has 0 aromatic rings. The maximum Gasteiger partial charge on any atom is 0.395 e. The summed E-state index contributed by atoms with van der Waals surface area (Å²) in [5.41, 5.74) is 1.31. The summed E-state index contributed by atoms with van der Waals surface area (Å²) in [6.45, 7) is 78.4. The number of hydrogen-bond donors (Lipinski definition) is 1. The molecule has 4 nitrogen and oxygen atoms in total. The molecule has 1 N–H and O–H groups in total. The molecule has 8 aliphatic carbocycles. The van der Waals surface area contributed by atoms with E-state index in [1.165, 1.54) is 105 Å². The van der Waals surface area contributed by atoms with E-state index >= 15 is 0 Å². The van der Waals surface area contributed by atoms with Gasteiger partial charge in [0.1, 0.15) is 5.78 Å². The van der Waals surface area contributed by atoms with Crippen molar-refractivity contribution in [2.24, 2.45) is 116 Å². The van der Waals surface area contributed by atoms with Crippen LogP contribution < -0.4 is 0 Å². The van der Waals surface area contributed by atoms with Gasteiger partial charge in [-0.1, -0.05) is 255 Å². The number of rotatable bonds is 4. The van der Waals surface area contributed by atoms with E-state index in [1.54, 1.807) is 27.7 Å². The predicted molar refractivity (Wildman–Crippen MR) is 397 cm³/mol. The van der Waals surface area contributed by atoms with Crippen LogP contribution in [0.25, 0.3) is 0 Å².